The predicted octanol–water partition coefficient (Wildman–Crippen LogP) is 9.62. The second-order valence-corrected chi connectivity index (χ2v) is 16.7. The van der Waals surface area contributed by atoms with Gasteiger partial charge in [-0.1, -0.05) is 74.5 Å². The molecule has 0 N–H and O–H groups in total. The fourth-order valence-electron chi connectivity index (χ4n) is 12.1. The molecule has 5 aliphatic carbocycles. The number of hydrogen-bond acceptors (Lipinski definition) is 2. The van der Waals surface area contributed by atoms with Crippen molar-refractivity contribution in [2.45, 2.75) is 139 Å². The van der Waals surface area contributed by atoms with Crippen LogP contribution in [0.5, 0.6) is 0 Å². The first-order valence-electron chi connectivity index (χ1n) is 16.0. The summed E-state index contributed by atoms with van der Waals surface area (Å²) < 4.78 is 6.22. The van der Waals surface area contributed by atoms with Gasteiger partial charge in [0.1, 0.15) is 6.10 Å². The van der Waals surface area contributed by atoms with Gasteiger partial charge in [0, 0.05) is 11.8 Å². The monoisotopic (exact) mass is 510 g/mol. The Morgan fingerprint density at radius 2 is 1.59 bits per heavy atom. The summed E-state index contributed by atoms with van der Waals surface area (Å²) in [4.78, 5) is 12.7. The summed E-state index contributed by atoms with van der Waals surface area (Å²) in [6.45, 7) is 26.9. The molecule has 0 heterocycles. The van der Waals surface area contributed by atoms with E-state index in [0.29, 0.717) is 45.8 Å². The molecule has 0 aromatic carbocycles. The first-order valence-corrected chi connectivity index (χ1v) is 16.0. The van der Waals surface area contributed by atoms with Crippen LogP contribution < -0.4 is 0 Å². The standard InChI is InChI=1S/C35H58O2/c1-22(2)21-29(36)37-28-15-17-33(8)26(31(28,5)6)14-18-35(10)27(33)12-11-25-30-24(4)23(3)13-16-32(30,7)19-20-34(25,35)9/h22,24-28,30H,3,11-21H2,1-2,4-10H3/t24-,25-,26+,27-,28+,30-,32-,33+,34-,35-/m1/s1. The summed E-state index contributed by atoms with van der Waals surface area (Å²) in [7, 11) is 0. The minimum atomic E-state index is 0.0128. The first kappa shape index (κ1) is 27.8. The average molecular weight is 511 g/mol. The van der Waals surface area contributed by atoms with Crippen LogP contribution in [0.15, 0.2) is 12.2 Å². The van der Waals surface area contributed by atoms with Gasteiger partial charge in [-0.05, 0) is 121 Å². The van der Waals surface area contributed by atoms with Crippen molar-refractivity contribution in [2.24, 2.45) is 62.6 Å². The SMILES string of the molecule is C=C1CC[C@]2(C)CC[C@]3(C)[C@H](CC[C@@H]4[C@@]5(C)CC[C@H](OC(=O)CC(C)C)C(C)(C)[C@@H]5CC[C@]43C)[C@H]2[C@@H]1C. The second kappa shape index (κ2) is 8.86. The second-order valence-electron chi connectivity index (χ2n) is 16.7. The summed E-state index contributed by atoms with van der Waals surface area (Å²) in [5.74, 6) is 4.09. The first-order chi connectivity index (χ1) is 17.1. The third-order valence-corrected chi connectivity index (χ3v) is 14.4. The fraction of sp³-hybridized carbons (Fsp3) is 0.914. The molecule has 5 fully saturated rings. The number of ether oxygens (including phenoxy) is 1. The zero-order chi connectivity index (χ0) is 27.2. The minimum absolute atomic E-state index is 0.0128. The van der Waals surface area contributed by atoms with Crippen molar-refractivity contribution < 1.29 is 9.53 Å². The summed E-state index contributed by atoms with van der Waals surface area (Å²) in [5, 5.41) is 0. The molecule has 0 unspecified atom stereocenters. The molecule has 2 nitrogen and oxygen atoms in total. The molecule has 0 spiro atoms. The van der Waals surface area contributed by atoms with Gasteiger partial charge in [-0.3, -0.25) is 4.79 Å². The molecule has 0 bridgehead atoms. The highest BCUT2D eigenvalue weighted by Gasteiger charge is 2.70. The molecule has 210 valence electrons. The van der Waals surface area contributed by atoms with Crippen molar-refractivity contribution in [3.8, 4) is 0 Å². The third-order valence-electron chi connectivity index (χ3n) is 14.4. The van der Waals surface area contributed by atoms with Crippen LogP contribution in [-0.4, -0.2) is 12.1 Å². The summed E-state index contributed by atoms with van der Waals surface area (Å²) in [5.41, 5.74) is 3.24. The molecule has 5 rings (SSSR count). The highest BCUT2D eigenvalue weighted by Crippen LogP contribution is 2.77. The van der Waals surface area contributed by atoms with Crippen LogP contribution in [0.3, 0.4) is 0 Å². The van der Waals surface area contributed by atoms with Crippen molar-refractivity contribution in [1.29, 1.82) is 0 Å². The molecule has 5 aliphatic rings. The summed E-state index contributed by atoms with van der Waals surface area (Å²) in [6.07, 6.45) is 13.7. The van der Waals surface area contributed by atoms with Crippen LogP contribution in [-0.2, 0) is 9.53 Å². The Balaban J connectivity index is 1.44. The van der Waals surface area contributed by atoms with E-state index in [1.165, 1.54) is 63.4 Å². The lowest BCUT2D eigenvalue weighted by Gasteiger charge is -2.73. The maximum Gasteiger partial charge on any atom is 0.306 e. The highest BCUT2D eigenvalue weighted by molar-refractivity contribution is 5.69. The zero-order valence-electron chi connectivity index (χ0n) is 25.8. The van der Waals surface area contributed by atoms with E-state index in [1.54, 1.807) is 0 Å². The largest absolute Gasteiger partial charge is 0.462 e. The quantitative estimate of drug-likeness (QED) is 0.279. The molecule has 10 atom stereocenters. The Morgan fingerprint density at radius 3 is 2.27 bits per heavy atom. The van der Waals surface area contributed by atoms with E-state index >= 15 is 0 Å². The number of fused-ring (bicyclic) bond motifs is 7. The molecular formula is C35H58O2. The number of carbonyl (C=O) groups excluding carboxylic acids is 1. The van der Waals surface area contributed by atoms with E-state index in [2.05, 4.69) is 68.9 Å². The summed E-state index contributed by atoms with van der Waals surface area (Å²) in [6, 6.07) is 0. The normalized spacial score (nSPS) is 50.9. The lowest BCUT2D eigenvalue weighted by molar-refractivity contribution is -0.254. The van der Waals surface area contributed by atoms with Crippen LogP contribution in [0.1, 0.15) is 133 Å². The van der Waals surface area contributed by atoms with Gasteiger partial charge in [0.2, 0.25) is 0 Å². The lowest BCUT2D eigenvalue weighted by atomic mass is 9.31. The topological polar surface area (TPSA) is 26.3 Å². The van der Waals surface area contributed by atoms with Crippen molar-refractivity contribution in [3.05, 3.63) is 12.2 Å². The molecule has 0 saturated heterocycles. The van der Waals surface area contributed by atoms with Gasteiger partial charge in [-0.15, -0.1) is 0 Å². The van der Waals surface area contributed by atoms with Crippen LogP contribution >= 0.6 is 0 Å². The van der Waals surface area contributed by atoms with Gasteiger partial charge < -0.3 is 4.74 Å². The van der Waals surface area contributed by atoms with Crippen molar-refractivity contribution in [1.82, 2.24) is 0 Å². The van der Waals surface area contributed by atoms with E-state index in [4.69, 9.17) is 4.74 Å². The molecular weight excluding hydrogens is 452 g/mol. The fourth-order valence-corrected chi connectivity index (χ4v) is 12.1. The van der Waals surface area contributed by atoms with E-state index in [-0.39, 0.29) is 17.5 Å². The van der Waals surface area contributed by atoms with Gasteiger partial charge in [0.15, 0.2) is 0 Å². The van der Waals surface area contributed by atoms with Gasteiger partial charge in [0.25, 0.3) is 0 Å². The Kier molecular flexibility index (Phi) is 6.65. The molecule has 0 amide bonds. The predicted molar refractivity (Wildman–Crippen MR) is 154 cm³/mol. The Labute approximate surface area is 229 Å². The van der Waals surface area contributed by atoms with Crippen LogP contribution in [0, 0.1) is 62.6 Å². The van der Waals surface area contributed by atoms with Gasteiger partial charge in [0.05, 0.1) is 0 Å². The molecule has 0 aliphatic heterocycles. The van der Waals surface area contributed by atoms with E-state index < -0.39 is 0 Å². The summed E-state index contributed by atoms with van der Waals surface area (Å²) >= 11 is 0. The van der Waals surface area contributed by atoms with Crippen LogP contribution in [0.4, 0.5) is 0 Å². The van der Waals surface area contributed by atoms with Crippen LogP contribution in [0.2, 0.25) is 0 Å². The van der Waals surface area contributed by atoms with E-state index in [1.807, 2.05) is 0 Å². The number of rotatable bonds is 3. The highest BCUT2D eigenvalue weighted by atomic mass is 16.5. The zero-order valence-corrected chi connectivity index (χ0v) is 25.8. The third kappa shape index (κ3) is 3.87. The molecule has 0 radical (unpaired) electrons. The lowest BCUT2D eigenvalue weighted by Crippen LogP contribution is -2.67. The van der Waals surface area contributed by atoms with Gasteiger partial charge >= 0.3 is 5.97 Å². The minimum Gasteiger partial charge on any atom is -0.462 e. The van der Waals surface area contributed by atoms with Gasteiger partial charge in [-0.25, -0.2) is 0 Å². The van der Waals surface area contributed by atoms with Crippen molar-refractivity contribution in [3.63, 3.8) is 0 Å². The number of esters is 1. The molecule has 0 aromatic heterocycles. The van der Waals surface area contributed by atoms with E-state index in [9.17, 15) is 4.79 Å². The molecule has 2 heteroatoms. The number of hydrogen-bond donors (Lipinski definition) is 0. The maximum absolute atomic E-state index is 12.7. The maximum atomic E-state index is 12.7. The molecule has 37 heavy (non-hydrogen) atoms. The number of carbonyl (C=O) groups is 1. The number of allylic oxidation sites excluding steroid dienone is 1. The van der Waals surface area contributed by atoms with E-state index in [0.717, 1.165) is 24.2 Å². The Bertz CT molecular complexity index is 932. The average Bonchev–Trinajstić information content (AvgIpc) is 2.79. The van der Waals surface area contributed by atoms with Gasteiger partial charge in [-0.2, -0.15) is 0 Å². The smallest absolute Gasteiger partial charge is 0.306 e. The van der Waals surface area contributed by atoms with Crippen LogP contribution in [0.25, 0.3) is 0 Å². The molecule has 0 aromatic rings. The molecule has 5 saturated carbocycles. The van der Waals surface area contributed by atoms with Crippen molar-refractivity contribution >= 4 is 5.97 Å². The Hall–Kier alpha value is -0.790. The van der Waals surface area contributed by atoms with Crippen molar-refractivity contribution in [2.75, 3.05) is 0 Å². The Morgan fingerprint density at radius 1 is 0.892 bits per heavy atom.